The minimum absolute atomic E-state index is 0. The SMILES string of the molecule is Ic1cc[cH-]c1-c1ccccc1.[Fe+2].c1cc[cH-]c1. The van der Waals surface area contributed by atoms with Gasteiger partial charge in [-0.3, -0.25) is 0 Å². The number of hydrogen-bond acceptors (Lipinski definition) is 0. The van der Waals surface area contributed by atoms with E-state index in [0.717, 1.165) is 0 Å². The van der Waals surface area contributed by atoms with Crippen LogP contribution in [-0.4, -0.2) is 0 Å². The van der Waals surface area contributed by atoms with E-state index in [1.807, 2.05) is 36.4 Å². The van der Waals surface area contributed by atoms with Crippen molar-refractivity contribution in [2.45, 2.75) is 0 Å². The smallest absolute Gasteiger partial charge is 0.214 e. The van der Waals surface area contributed by atoms with Crippen LogP contribution in [0, 0.1) is 3.57 Å². The molecule has 0 radical (unpaired) electrons. The van der Waals surface area contributed by atoms with E-state index in [1.165, 1.54) is 14.7 Å². The third kappa shape index (κ3) is 4.45. The molecule has 0 nitrogen and oxygen atoms in total. The molecular weight excluding hydrogens is 375 g/mol. The Morgan fingerprint density at radius 3 is 1.89 bits per heavy atom. The molecule has 0 aromatic heterocycles. The van der Waals surface area contributed by atoms with Crippen LogP contribution >= 0.6 is 22.6 Å². The zero-order chi connectivity index (χ0) is 11.9. The Balaban J connectivity index is 0.000000230. The number of hydrogen-bond donors (Lipinski definition) is 0. The van der Waals surface area contributed by atoms with E-state index >= 15 is 0 Å². The van der Waals surface area contributed by atoms with Crippen molar-refractivity contribution in [2.75, 3.05) is 0 Å². The van der Waals surface area contributed by atoms with Gasteiger partial charge in [-0.15, -0.1) is 37.8 Å². The van der Waals surface area contributed by atoms with Crippen LogP contribution in [0.25, 0.3) is 11.1 Å². The molecule has 0 saturated heterocycles. The van der Waals surface area contributed by atoms with Gasteiger partial charge < -0.3 is 0 Å². The minimum atomic E-state index is 0. The summed E-state index contributed by atoms with van der Waals surface area (Å²) in [4.78, 5) is 0. The van der Waals surface area contributed by atoms with Crippen LogP contribution in [0.15, 0.2) is 78.9 Å². The molecule has 0 aliphatic heterocycles. The molecule has 0 spiro atoms. The van der Waals surface area contributed by atoms with E-state index in [2.05, 4.69) is 65.1 Å². The number of benzene rings is 1. The number of halogens is 1. The third-order valence-corrected chi connectivity index (χ3v) is 3.34. The Labute approximate surface area is 132 Å². The summed E-state index contributed by atoms with van der Waals surface area (Å²) in [5, 5.41) is 0. The molecule has 0 aliphatic rings. The van der Waals surface area contributed by atoms with Gasteiger partial charge in [0, 0.05) is 0 Å². The largest absolute Gasteiger partial charge is 2.00 e. The van der Waals surface area contributed by atoms with Crippen molar-refractivity contribution in [1.82, 2.24) is 0 Å². The van der Waals surface area contributed by atoms with E-state index in [4.69, 9.17) is 0 Å². The summed E-state index contributed by atoms with van der Waals surface area (Å²) in [6.07, 6.45) is 0. The van der Waals surface area contributed by atoms with E-state index in [0.29, 0.717) is 0 Å². The molecule has 2 heteroatoms. The summed E-state index contributed by atoms with van der Waals surface area (Å²) < 4.78 is 1.32. The van der Waals surface area contributed by atoms with Crippen LogP contribution in [0.5, 0.6) is 0 Å². The molecule has 0 aliphatic carbocycles. The maximum Gasteiger partial charge on any atom is 2.00 e. The topological polar surface area (TPSA) is 0 Å². The summed E-state index contributed by atoms with van der Waals surface area (Å²) in [5.74, 6) is 0. The van der Waals surface area contributed by atoms with Gasteiger partial charge in [0.05, 0.1) is 0 Å². The molecule has 0 bridgehead atoms. The van der Waals surface area contributed by atoms with Crippen LogP contribution in [-0.2, 0) is 17.1 Å². The minimum Gasteiger partial charge on any atom is -0.214 e. The van der Waals surface area contributed by atoms with Crippen LogP contribution in [0.3, 0.4) is 0 Å². The maximum absolute atomic E-state index is 2.36. The summed E-state index contributed by atoms with van der Waals surface area (Å²) in [5.41, 5.74) is 2.63. The van der Waals surface area contributed by atoms with Gasteiger partial charge in [-0.2, -0.15) is 30.3 Å². The van der Waals surface area contributed by atoms with Gasteiger partial charge in [0.2, 0.25) is 0 Å². The standard InChI is InChI=1S/C11H8I.C5H5.Fe/c12-11-8-4-7-10(11)9-5-2-1-3-6-9;1-2-4-5-3-1;/h1-8H;1-5H;/q2*-1;+2. The molecule has 0 unspecified atom stereocenters. The molecule has 3 aromatic rings. The molecule has 0 N–H and O–H groups in total. The van der Waals surface area contributed by atoms with Crippen molar-refractivity contribution >= 4 is 22.6 Å². The van der Waals surface area contributed by atoms with Crippen molar-refractivity contribution in [2.24, 2.45) is 0 Å². The molecular formula is C16H13FeI. The molecule has 0 fully saturated rings. The zero-order valence-electron chi connectivity index (χ0n) is 9.74. The zero-order valence-corrected chi connectivity index (χ0v) is 13.0. The van der Waals surface area contributed by atoms with Gasteiger partial charge >= 0.3 is 17.1 Å². The van der Waals surface area contributed by atoms with Crippen LogP contribution in [0.4, 0.5) is 0 Å². The Morgan fingerprint density at radius 2 is 1.44 bits per heavy atom. The average molecular weight is 388 g/mol. The monoisotopic (exact) mass is 388 g/mol. The fourth-order valence-corrected chi connectivity index (χ4v) is 2.27. The first kappa shape index (κ1) is 15.2. The Kier molecular flexibility index (Phi) is 7.02. The predicted octanol–water partition coefficient (Wildman–Crippen LogP) is 5.08. The first-order valence-corrected chi connectivity index (χ1v) is 6.59. The van der Waals surface area contributed by atoms with Gasteiger partial charge in [0.15, 0.2) is 0 Å². The molecule has 3 rings (SSSR count). The second-order valence-corrected chi connectivity index (χ2v) is 4.78. The quantitative estimate of drug-likeness (QED) is 0.310. The predicted molar refractivity (Wildman–Crippen MR) is 82.2 cm³/mol. The van der Waals surface area contributed by atoms with Gasteiger partial charge in [-0.1, -0.05) is 35.9 Å². The van der Waals surface area contributed by atoms with Crippen molar-refractivity contribution < 1.29 is 17.1 Å². The summed E-state index contributed by atoms with van der Waals surface area (Å²) in [6.45, 7) is 0. The van der Waals surface area contributed by atoms with E-state index in [-0.39, 0.29) is 17.1 Å². The first-order chi connectivity index (χ1) is 8.38. The third-order valence-electron chi connectivity index (χ3n) is 2.40. The van der Waals surface area contributed by atoms with Gasteiger partial charge in [0.25, 0.3) is 0 Å². The molecule has 0 atom stereocenters. The van der Waals surface area contributed by atoms with Gasteiger partial charge in [-0.05, 0) is 0 Å². The maximum atomic E-state index is 2.36. The fraction of sp³-hybridized carbons (Fsp3) is 0. The Bertz CT molecular complexity index is 506. The summed E-state index contributed by atoms with van der Waals surface area (Å²) >= 11 is 2.36. The number of rotatable bonds is 1. The van der Waals surface area contributed by atoms with E-state index in [9.17, 15) is 0 Å². The van der Waals surface area contributed by atoms with Gasteiger partial charge in [-0.25, -0.2) is 12.1 Å². The summed E-state index contributed by atoms with van der Waals surface area (Å²) in [7, 11) is 0. The van der Waals surface area contributed by atoms with Crippen molar-refractivity contribution in [3.8, 4) is 11.1 Å². The molecule has 0 saturated carbocycles. The van der Waals surface area contributed by atoms with E-state index < -0.39 is 0 Å². The Hall–Kier alpha value is -0.831. The normalized spacial score (nSPS) is 8.94. The second-order valence-electron chi connectivity index (χ2n) is 3.62. The molecule has 3 aromatic carbocycles. The van der Waals surface area contributed by atoms with Crippen molar-refractivity contribution in [3.63, 3.8) is 0 Å². The van der Waals surface area contributed by atoms with Gasteiger partial charge in [0.1, 0.15) is 0 Å². The molecule has 92 valence electrons. The summed E-state index contributed by atoms with van der Waals surface area (Å²) in [6, 6.07) is 26.8. The molecule has 0 heterocycles. The van der Waals surface area contributed by atoms with Crippen LogP contribution < -0.4 is 0 Å². The van der Waals surface area contributed by atoms with Crippen molar-refractivity contribution in [3.05, 3.63) is 82.4 Å². The Morgan fingerprint density at radius 1 is 0.778 bits per heavy atom. The average Bonchev–Trinajstić information content (AvgIpc) is 3.03. The van der Waals surface area contributed by atoms with Crippen molar-refractivity contribution in [1.29, 1.82) is 0 Å². The van der Waals surface area contributed by atoms with E-state index in [1.54, 1.807) is 0 Å². The van der Waals surface area contributed by atoms with Crippen LogP contribution in [0.2, 0.25) is 0 Å². The fourth-order valence-electron chi connectivity index (χ4n) is 1.57. The second kappa shape index (κ2) is 8.30. The van der Waals surface area contributed by atoms with Crippen LogP contribution in [0.1, 0.15) is 0 Å². The first-order valence-electron chi connectivity index (χ1n) is 5.51. The molecule has 18 heavy (non-hydrogen) atoms. The molecule has 0 amide bonds.